The zero-order valence-corrected chi connectivity index (χ0v) is 11.6. The molecule has 3 rings (SSSR count). The van der Waals surface area contributed by atoms with Gasteiger partial charge in [0.25, 0.3) is 0 Å². The van der Waals surface area contributed by atoms with Gasteiger partial charge in [0.2, 0.25) is 0 Å². The molecule has 0 saturated carbocycles. The average molecular weight is 276 g/mol. The maximum atomic E-state index is 5.76. The van der Waals surface area contributed by atoms with Gasteiger partial charge in [-0.3, -0.25) is 0 Å². The van der Waals surface area contributed by atoms with E-state index in [0.29, 0.717) is 6.54 Å². The molecule has 4 heteroatoms. The highest BCUT2D eigenvalue weighted by Gasteiger charge is 2.10. The molecule has 2 aromatic carbocycles. The first-order valence-corrected chi connectivity index (χ1v) is 6.81. The fourth-order valence-electron chi connectivity index (χ4n) is 2.13. The Bertz CT molecular complexity index is 730. The Morgan fingerprint density at radius 1 is 0.905 bits per heavy atom. The van der Waals surface area contributed by atoms with Gasteiger partial charge in [0.15, 0.2) is 0 Å². The van der Waals surface area contributed by atoms with Gasteiger partial charge >= 0.3 is 0 Å². The van der Waals surface area contributed by atoms with Crippen LogP contribution in [0.2, 0.25) is 0 Å². The molecule has 104 valence electrons. The van der Waals surface area contributed by atoms with Crippen molar-refractivity contribution in [3.05, 3.63) is 77.6 Å². The summed E-state index contributed by atoms with van der Waals surface area (Å²) in [4.78, 5) is 0. The molecule has 1 heterocycles. The van der Waals surface area contributed by atoms with Gasteiger partial charge in [-0.25, -0.2) is 4.68 Å². The summed E-state index contributed by atoms with van der Waals surface area (Å²) in [5, 5.41) is 8.36. The summed E-state index contributed by atoms with van der Waals surface area (Å²) in [5.41, 5.74) is 9.55. The van der Waals surface area contributed by atoms with Crippen molar-refractivity contribution < 1.29 is 0 Å². The first kappa shape index (κ1) is 13.3. The number of hydrogen-bond acceptors (Lipinski definition) is 3. The Hall–Kier alpha value is -2.72. The van der Waals surface area contributed by atoms with Gasteiger partial charge in [0.1, 0.15) is 5.69 Å². The summed E-state index contributed by atoms with van der Waals surface area (Å²) in [6.45, 7) is 0.362. The van der Waals surface area contributed by atoms with Crippen LogP contribution in [0, 0.1) is 0 Å². The lowest BCUT2D eigenvalue weighted by atomic mass is 10.2. The van der Waals surface area contributed by atoms with Crippen molar-refractivity contribution in [1.82, 2.24) is 15.0 Å². The van der Waals surface area contributed by atoms with Crippen LogP contribution < -0.4 is 5.73 Å². The summed E-state index contributed by atoms with van der Waals surface area (Å²) in [6, 6.07) is 20.0. The van der Waals surface area contributed by atoms with Gasteiger partial charge in [-0.1, -0.05) is 59.8 Å². The Balaban J connectivity index is 2.01. The zero-order valence-electron chi connectivity index (χ0n) is 11.6. The summed E-state index contributed by atoms with van der Waals surface area (Å²) in [5.74, 6) is 0. The highest BCUT2D eigenvalue weighted by molar-refractivity contribution is 5.69. The minimum atomic E-state index is 0.362. The third-order valence-electron chi connectivity index (χ3n) is 3.21. The Labute approximate surface area is 123 Å². The van der Waals surface area contributed by atoms with Gasteiger partial charge in [0, 0.05) is 6.54 Å². The van der Waals surface area contributed by atoms with Crippen molar-refractivity contribution in [2.24, 2.45) is 5.73 Å². The van der Waals surface area contributed by atoms with Crippen LogP contribution in [0.15, 0.2) is 60.7 Å². The van der Waals surface area contributed by atoms with Crippen LogP contribution in [-0.4, -0.2) is 15.0 Å². The van der Waals surface area contributed by atoms with Crippen molar-refractivity contribution in [1.29, 1.82) is 0 Å². The maximum Gasteiger partial charge on any atom is 0.104 e. The fraction of sp³-hybridized carbons (Fsp3) is 0.0588. The minimum absolute atomic E-state index is 0.362. The molecule has 0 amide bonds. The van der Waals surface area contributed by atoms with Crippen LogP contribution in [0.25, 0.3) is 17.8 Å². The van der Waals surface area contributed by atoms with Gasteiger partial charge < -0.3 is 5.73 Å². The first-order valence-electron chi connectivity index (χ1n) is 6.81. The van der Waals surface area contributed by atoms with Crippen molar-refractivity contribution in [3.63, 3.8) is 0 Å². The number of hydrogen-bond donors (Lipinski definition) is 1. The van der Waals surface area contributed by atoms with Crippen LogP contribution >= 0.6 is 0 Å². The van der Waals surface area contributed by atoms with Crippen LogP contribution in [0.1, 0.15) is 17.0 Å². The molecule has 21 heavy (non-hydrogen) atoms. The standard InChI is InChI=1S/C17H16N4/c18-13-16-17(12-11-14-7-3-1-4-8-14)21(20-19-16)15-9-5-2-6-10-15/h1-12H,13,18H2/b12-11+. The SMILES string of the molecule is NCc1nnn(-c2ccccc2)c1/C=C/c1ccccc1. The third kappa shape index (κ3) is 2.90. The second-order valence-corrected chi connectivity index (χ2v) is 4.62. The Morgan fingerprint density at radius 3 is 2.24 bits per heavy atom. The van der Waals surface area contributed by atoms with Crippen LogP contribution in [0.5, 0.6) is 0 Å². The summed E-state index contributed by atoms with van der Waals surface area (Å²) in [6.07, 6.45) is 4.04. The molecule has 0 spiro atoms. The Morgan fingerprint density at radius 2 is 1.57 bits per heavy atom. The molecule has 0 aliphatic rings. The molecular formula is C17H16N4. The predicted octanol–water partition coefficient (Wildman–Crippen LogP) is 2.90. The fourth-order valence-corrected chi connectivity index (χ4v) is 2.13. The second kappa shape index (κ2) is 6.15. The van der Waals surface area contributed by atoms with E-state index in [9.17, 15) is 0 Å². The molecule has 0 atom stereocenters. The molecule has 4 nitrogen and oxygen atoms in total. The zero-order chi connectivity index (χ0) is 14.5. The molecule has 3 aromatic rings. The van der Waals surface area contributed by atoms with Crippen LogP contribution in [-0.2, 0) is 6.54 Å². The molecule has 0 aliphatic heterocycles. The number of rotatable bonds is 4. The number of nitrogens with two attached hydrogens (primary N) is 1. The highest BCUT2D eigenvalue weighted by Crippen LogP contribution is 2.15. The van der Waals surface area contributed by atoms with Gasteiger partial charge in [-0.05, 0) is 23.8 Å². The lowest BCUT2D eigenvalue weighted by molar-refractivity contribution is 0.793. The van der Waals surface area contributed by atoms with Crippen LogP contribution in [0.4, 0.5) is 0 Å². The van der Waals surface area contributed by atoms with Crippen molar-refractivity contribution in [2.75, 3.05) is 0 Å². The lowest BCUT2D eigenvalue weighted by Gasteiger charge is -2.03. The van der Waals surface area contributed by atoms with E-state index in [1.54, 1.807) is 0 Å². The van der Waals surface area contributed by atoms with E-state index in [1.165, 1.54) is 0 Å². The van der Waals surface area contributed by atoms with E-state index in [2.05, 4.69) is 22.4 Å². The number of aromatic nitrogens is 3. The molecule has 1 aromatic heterocycles. The molecule has 0 saturated heterocycles. The van der Waals surface area contributed by atoms with Crippen LogP contribution in [0.3, 0.4) is 0 Å². The molecule has 0 unspecified atom stereocenters. The lowest BCUT2D eigenvalue weighted by Crippen LogP contribution is -2.02. The van der Waals surface area contributed by atoms with E-state index in [4.69, 9.17) is 5.73 Å². The van der Waals surface area contributed by atoms with Gasteiger partial charge in [-0.2, -0.15) is 0 Å². The predicted molar refractivity (Wildman–Crippen MR) is 84.6 cm³/mol. The van der Waals surface area contributed by atoms with E-state index in [0.717, 1.165) is 22.6 Å². The van der Waals surface area contributed by atoms with Crippen molar-refractivity contribution in [2.45, 2.75) is 6.54 Å². The normalized spacial score (nSPS) is 11.1. The summed E-state index contributed by atoms with van der Waals surface area (Å²) < 4.78 is 1.81. The van der Waals surface area contributed by atoms with E-state index in [-0.39, 0.29) is 0 Å². The van der Waals surface area contributed by atoms with Gasteiger partial charge in [-0.15, -0.1) is 5.10 Å². The molecule has 0 aliphatic carbocycles. The van der Waals surface area contributed by atoms with E-state index >= 15 is 0 Å². The smallest absolute Gasteiger partial charge is 0.104 e. The van der Waals surface area contributed by atoms with E-state index in [1.807, 2.05) is 65.4 Å². The Kier molecular flexibility index (Phi) is 3.89. The number of benzene rings is 2. The molecule has 2 N–H and O–H groups in total. The van der Waals surface area contributed by atoms with Gasteiger partial charge in [0.05, 0.1) is 11.4 Å². The second-order valence-electron chi connectivity index (χ2n) is 4.62. The highest BCUT2D eigenvalue weighted by atomic mass is 15.4. The average Bonchev–Trinajstić information content (AvgIpc) is 2.97. The molecular weight excluding hydrogens is 260 g/mol. The summed E-state index contributed by atoms with van der Waals surface area (Å²) >= 11 is 0. The number of para-hydroxylation sites is 1. The quantitative estimate of drug-likeness (QED) is 0.797. The third-order valence-corrected chi connectivity index (χ3v) is 3.21. The monoisotopic (exact) mass is 276 g/mol. The topological polar surface area (TPSA) is 56.7 Å². The van der Waals surface area contributed by atoms with Crippen molar-refractivity contribution >= 4 is 12.2 Å². The van der Waals surface area contributed by atoms with E-state index < -0.39 is 0 Å². The minimum Gasteiger partial charge on any atom is -0.325 e. The molecule has 0 bridgehead atoms. The summed E-state index contributed by atoms with van der Waals surface area (Å²) in [7, 11) is 0. The number of nitrogens with zero attached hydrogens (tertiary/aromatic N) is 3. The van der Waals surface area contributed by atoms with Crippen molar-refractivity contribution in [3.8, 4) is 5.69 Å². The first-order chi connectivity index (χ1) is 10.4. The molecule has 0 fully saturated rings. The largest absolute Gasteiger partial charge is 0.325 e. The maximum absolute atomic E-state index is 5.76. The molecule has 0 radical (unpaired) electrons.